The topological polar surface area (TPSA) is 47.6 Å². The highest BCUT2D eigenvalue weighted by Crippen LogP contribution is 2.30. The van der Waals surface area contributed by atoms with Gasteiger partial charge in [-0.15, -0.1) is 0 Å². The molecule has 0 amide bonds. The number of amidine groups is 1. The average molecular weight is 262 g/mol. The SMILES string of the molecule is NC1=NC(Cc2cc(C(F)(F)F)ccc2F)CO1. The van der Waals surface area contributed by atoms with Crippen molar-refractivity contribution in [1.82, 2.24) is 0 Å². The normalized spacial score (nSPS) is 19.6. The highest BCUT2D eigenvalue weighted by molar-refractivity contribution is 5.73. The number of alkyl halides is 3. The van der Waals surface area contributed by atoms with Crippen molar-refractivity contribution in [2.75, 3.05) is 6.61 Å². The molecule has 0 aromatic heterocycles. The minimum Gasteiger partial charge on any atom is -0.463 e. The molecule has 3 nitrogen and oxygen atoms in total. The molecule has 0 radical (unpaired) electrons. The highest BCUT2D eigenvalue weighted by atomic mass is 19.4. The zero-order valence-electron chi connectivity index (χ0n) is 9.17. The van der Waals surface area contributed by atoms with E-state index in [1.54, 1.807) is 0 Å². The average Bonchev–Trinajstić information content (AvgIpc) is 2.66. The van der Waals surface area contributed by atoms with Crippen molar-refractivity contribution in [3.05, 3.63) is 35.1 Å². The molecule has 2 rings (SSSR count). The monoisotopic (exact) mass is 262 g/mol. The van der Waals surface area contributed by atoms with Crippen molar-refractivity contribution in [1.29, 1.82) is 0 Å². The lowest BCUT2D eigenvalue weighted by Crippen LogP contribution is -2.13. The van der Waals surface area contributed by atoms with Gasteiger partial charge in [-0.25, -0.2) is 9.38 Å². The largest absolute Gasteiger partial charge is 0.463 e. The Morgan fingerprint density at radius 2 is 2.11 bits per heavy atom. The zero-order valence-corrected chi connectivity index (χ0v) is 9.17. The number of ether oxygens (including phenoxy) is 1. The third-order valence-corrected chi connectivity index (χ3v) is 2.56. The van der Waals surface area contributed by atoms with E-state index in [1.807, 2.05) is 0 Å². The van der Waals surface area contributed by atoms with Gasteiger partial charge in [-0.3, -0.25) is 0 Å². The number of hydrogen-bond donors (Lipinski definition) is 1. The van der Waals surface area contributed by atoms with Crippen LogP contribution in [0.4, 0.5) is 17.6 Å². The number of hydrogen-bond acceptors (Lipinski definition) is 3. The molecule has 0 fully saturated rings. The van der Waals surface area contributed by atoms with E-state index in [4.69, 9.17) is 10.5 Å². The molecule has 0 saturated heterocycles. The van der Waals surface area contributed by atoms with E-state index < -0.39 is 23.6 Å². The molecule has 1 aliphatic rings. The summed E-state index contributed by atoms with van der Waals surface area (Å²) in [5, 5.41) is 0. The van der Waals surface area contributed by atoms with Crippen molar-refractivity contribution in [2.45, 2.75) is 18.6 Å². The van der Waals surface area contributed by atoms with E-state index in [1.165, 1.54) is 0 Å². The third-order valence-electron chi connectivity index (χ3n) is 2.56. The molecule has 1 atom stereocenters. The molecule has 0 spiro atoms. The lowest BCUT2D eigenvalue weighted by Gasteiger charge is -2.11. The Morgan fingerprint density at radius 1 is 1.39 bits per heavy atom. The fourth-order valence-electron chi connectivity index (χ4n) is 1.70. The van der Waals surface area contributed by atoms with Gasteiger partial charge in [0.25, 0.3) is 6.02 Å². The van der Waals surface area contributed by atoms with Crippen LogP contribution in [0, 0.1) is 5.82 Å². The molecule has 1 heterocycles. The van der Waals surface area contributed by atoms with Crippen molar-refractivity contribution in [2.24, 2.45) is 10.7 Å². The Balaban J connectivity index is 2.22. The maximum atomic E-state index is 13.4. The molecule has 2 N–H and O–H groups in total. The second kappa shape index (κ2) is 4.47. The van der Waals surface area contributed by atoms with Gasteiger partial charge < -0.3 is 10.5 Å². The lowest BCUT2D eigenvalue weighted by atomic mass is 10.0. The minimum absolute atomic E-state index is 0.0209. The summed E-state index contributed by atoms with van der Waals surface area (Å²) in [6, 6.07) is 1.84. The lowest BCUT2D eigenvalue weighted by molar-refractivity contribution is -0.137. The molecule has 7 heteroatoms. The van der Waals surface area contributed by atoms with Gasteiger partial charge in [0.15, 0.2) is 0 Å². The number of nitrogens with zero attached hydrogens (tertiary/aromatic N) is 1. The van der Waals surface area contributed by atoms with E-state index >= 15 is 0 Å². The first kappa shape index (κ1) is 12.7. The number of halogens is 4. The van der Waals surface area contributed by atoms with Gasteiger partial charge in [-0.2, -0.15) is 13.2 Å². The summed E-state index contributed by atoms with van der Waals surface area (Å²) in [5.74, 6) is -0.691. The fourth-order valence-corrected chi connectivity index (χ4v) is 1.70. The van der Waals surface area contributed by atoms with Gasteiger partial charge in [-0.1, -0.05) is 0 Å². The maximum absolute atomic E-state index is 13.4. The summed E-state index contributed by atoms with van der Waals surface area (Å²) in [7, 11) is 0. The Labute approximate surface area is 100 Å². The van der Waals surface area contributed by atoms with Crippen LogP contribution in [0.25, 0.3) is 0 Å². The second-order valence-electron chi connectivity index (χ2n) is 3.94. The summed E-state index contributed by atoms with van der Waals surface area (Å²) in [5.41, 5.74) is 4.35. The van der Waals surface area contributed by atoms with Crippen LogP contribution in [0.15, 0.2) is 23.2 Å². The van der Waals surface area contributed by atoms with E-state index in [9.17, 15) is 17.6 Å². The standard InChI is InChI=1S/C11H10F4N2O/c12-9-2-1-7(11(13,14)15)3-6(9)4-8-5-18-10(16)17-8/h1-3,8H,4-5H2,(H2,16,17). The summed E-state index contributed by atoms with van der Waals surface area (Å²) < 4.78 is 55.7. The van der Waals surface area contributed by atoms with Crippen molar-refractivity contribution >= 4 is 6.02 Å². The van der Waals surface area contributed by atoms with E-state index in [2.05, 4.69) is 4.99 Å². The summed E-state index contributed by atoms with van der Waals surface area (Å²) >= 11 is 0. The van der Waals surface area contributed by atoms with E-state index in [-0.39, 0.29) is 24.6 Å². The second-order valence-corrected chi connectivity index (χ2v) is 3.94. The highest BCUT2D eigenvalue weighted by Gasteiger charge is 2.31. The maximum Gasteiger partial charge on any atom is 0.416 e. The van der Waals surface area contributed by atoms with Crippen molar-refractivity contribution in [3.8, 4) is 0 Å². The first-order valence-electron chi connectivity index (χ1n) is 5.18. The first-order chi connectivity index (χ1) is 8.36. The molecule has 1 aromatic rings. The summed E-state index contributed by atoms with van der Waals surface area (Å²) in [4.78, 5) is 3.84. The Hall–Kier alpha value is -1.79. The van der Waals surface area contributed by atoms with Crippen LogP contribution in [0.2, 0.25) is 0 Å². The molecule has 0 aliphatic carbocycles. The molecule has 1 unspecified atom stereocenters. The van der Waals surface area contributed by atoms with Crippen molar-refractivity contribution < 1.29 is 22.3 Å². The molecule has 0 saturated carbocycles. The summed E-state index contributed by atoms with van der Waals surface area (Å²) in [6.45, 7) is 0.154. The van der Waals surface area contributed by atoms with Crippen molar-refractivity contribution in [3.63, 3.8) is 0 Å². The number of aliphatic imine (C=N–C) groups is 1. The Morgan fingerprint density at radius 3 is 2.67 bits per heavy atom. The van der Waals surface area contributed by atoms with Crippen LogP contribution in [-0.4, -0.2) is 18.7 Å². The van der Waals surface area contributed by atoms with Crippen LogP contribution >= 0.6 is 0 Å². The van der Waals surface area contributed by atoms with Gasteiger partial charge in [0.05, 0.1) is 11.6 Å². The molecule has 18 heavy (non-hydrogen) atoms. The van der Waals surface area contributed by atoms with Gasteiger partial charge in [0.1, 0.15) is 12.4 Å². The van der Waals surface area contributed by atoms with Gasteiger partial charge in [-0.05, 0) is 23.8 Å². The molecule has 1 aromatic carbocycles. The molecule has 98 valence electrons. The van der Waals surface area contributed by atoms with Crippen LogP contribution in [-0.2, 0) is 17.3 Å². The van der Waals surface area contributed by atoms with Gasteiger partial charge in [0.2, 0.25) is 0 Å². The number of benzene rings is 1. The quantitative estimate of drug-likeness (QED) is 0.830. The van der Waals surface area contributed by atoms with E-state index in [0.29, 0.717) is 6.07 Å². The first-order valence-corrected chi connectivity index (χ1v) is 5.18. The van der Waals surface area contributed by atoms with Gasteiger partial charge >= 0.3 is 6.18 Å². The van der Waals surface area contributed by atoms with Crippen LogP contribution in [0.5, 0.6) is 0 Å². The molecular formula is C11H10F4N2O. The summed E-state index contributed by atoms with van der Waals surface area (Å²) in [6.07, 6.45) is -4.46. The van der Waals surface area contributed by atoms with E-state index in [0.717, 1.165) is 12.1 Å². The molecule has 1 aliphatic heterocycles. The predicted molar refractivity (Wildman–Crippen MR) is 56.5 cm³/mol. The number of rotatable bonds is 2. The number of nitrogens with two attached hydrogens (primary N) is 1. The molecule has 0 bridgehead atoms. The minimum atomic E-state index is -4.49. The van der Waals surface area contributed by atoms with Gasteiger partial charge in [0, 0.05) is 6.42 Å². The Kier molecular flexibility index (Phi) is 3.14. The van der Waals surface area contributed by atoms with Crippen LogP contribution in [0.1, 0.15) is 11.1 Å². The van der Waals surface area contributed by atoms with Crippen LogP contribution < -0.4 is 5.73 Å². The molecular weight excluding hydrogens is 252 g/mol. The fraction of sp³-hybridized carbons (Fsp3) is 0.364. The zero-order chi connectivity index (χ0) is 13.3. The smallest absolute Gasteiger partial charge is 0.416 e. The predicted octanol–water partition coefficient (Wildman–Crippen LogP) is 2.10. The third kappa shape index (κ3) is 2.72. The van der Waals surface area contributed by atoms with Crippen LogP contribution in [0.3, 0.4) is 0 Å². The Bertz CT molecular complexity index is 484.